The van der Waals surface area contributed by atoms with Gasteiger partial charge in [-0.15, -0.1) is 0 Å². The van der Waals surface area contributed by atoms with Crippen LogP contribution in [0.5, 0.6) is 0 Å². The Bertz CT molecular complexity index is 995. The summed E-state index contributed by atoms with van der Waals surface area (Å²) in [5, 5.41) is 3.41. The van der Waals surface area contributed by atoms with Gasteiger partial charge in [0.25, 0.3) is 5.56 Å². The molecule has 0 amide bonds. The molecule has 0 spiro atoms. The fourth-order valence-electron chi connectivity index (χ4n) is 3.71. The summed E-state index contributed by atoms with van der Waals surface area (Å²) < 4.78 is 9.97. The molecule has 1 saturated heterocycles. The Kier molecular flexibility index (Phi) is 4.73. The van der Waals surface area contributed by atoms with Gasteiger partial charge in [-0.25, -0.2) is 4.79 Å². The van der Waals surface area contributed by atoms with E-state index in [1.807, 2.05) is 4.57 Å². The summed E-state index contributed by atoms with van der Waals surface area (Å²) in [5.41, 5.74) is 0.213. The molecule has 0 radical (unpaired) electrons. The molecule has 10 heteroatoms. The normalized spacial score (nSPS) is 17.6. The molecule has 2 aromatic heterocycles. The number of nitrogens with one attached hydrogen (secondary N) is 2. The van der Waals surface area contributed by atoms with E-state index in [-0.39, 0.29) is 11.2 Å². The number of imidazole rings is 1. The van der Waals surface area contributed by atoms with Gasteiger partial charge in [0.05, 0.1) is 32.7 Å². The number of rotatable bonds is 4. The molecule has 10 nitrogen and oxygen atoms in total. The smallest absolute Gasteiger partial charge is 0.332 e. The summed E-state index contributed by atoms with van der Waals surface area (Å²) in [6, 6.07) is 0. The van der Waals surface area contributed by atoms with E-state index in [9.17, 15) is 9.59 Å². The Hall–Kier alpha value is -2.62. The number of nitrogens with zero attached hydrogens (tertiary/aromatic N) is 5. The second-order valence-corrected chi connectivity index (χ2v) is 6.98. The second-order valence-electron chi connectivity index (χ2n) is 6.98. The molecular weight excluding hydrogens is 350 g/mol. The number of ether oxygens (including phenoxy) is 1. The maximum Gasteiger partial charge on any atom is 0.332 e. The number of morpholine rings is 1. The third-order valence-corrected chi connectivity index (χ3v) is 5.24. The Morgan fingerprint density at radius 2 is 1.96 bits per heavy atom. The number of aryl methyl sites for hydroxylation is 1. The SMILES string of the molecule is Cn1c(=O)c2c(nc(N3CCOCC3)n2CCNC2=[NH+]CCC2)n(C)c1=O. The second kappa shape index (κ2) is 7.18. The molecule has 2 aliphatic rings. The van der Waals surface area contributed by atoms with E-state index in [1.54, 1.807) is 7.05 Å². The van der Waals surface area contributed by atoms with Crippen molar-refractivity contribution in [1.82, 2.24) is 24.0 Å². The van der Waals surface area contributed by atoms with Crippen molar-refractivity contribution in [3.63, 3.8) is 0 Å². The van der Waals surface area contributed by atoms with Gasteiger partial charge in [0.15, 0.2) is 11.2 Å². The predicted molar refractivity (Wildman–Crippen MR) is 101 cm³/mol. The number of hydrogen-bond donors (Lipinski definition) is 2. The molecule has 2 aliphatic heterocycles. The molecule has 4 rings (SSSR count). The van der Waals surface area contributed by atoms with Gasteiger partial charge < -0.3 is 14.2 Å². The fourth-order valence-corrected chi connectivity index (χ4v) is 3.71. The largest absolute Gasteiger partial charge is 0.378 e. The van der Waals surface area contributed by atoms with Gasteiger partial charge in [-0.1, -0.05) is 0 Å². The van der Waals surface area contributed by atoms with Crippen molar-refractivity contribution >= 4 is 22.9 Å². The molecule has 2 N–H and O–H groups in total. The zero-order chi connectivity index (χ0) is 19.0. The molecule has 0 saturated carbocycles. The number of hydrogen-bond acceptors (Lipinski definition) is 6. The summed E-state index contributed by atoms with van der Waals surface area (Å²) in [6.07, 6.45) is 2.16. The van der Waals surface area contributed by atoms with Crippen molar-refractivity contribution in [2.75, 3.05) is 44.3 Å². The van der Waals surface area contributed by atoms with E-state index in [0.29, 0.717) is 50.6 Å². The number of aromatic nitrogens is 4. The van der Waals surface area contributed by atoms with E-state index in [1.165, 1.54) is 11.6 Å². The van der Waals surface area contributed by atoms with Crippen LogP contribution in [0.25, 0.3) is 11.2 Å². The van der Waals surface area contributed by atoms with E-state index >= 15 is 0 Å². The molecular formula is C17H26N7O3+. The zero-order valence-electron chi connectivity index (χ0n) is 15.8. The maximum absolute atomic E-state index is 12.8. The average molecular weight is 376 g/mol. The molecule has 0 bridgehead atoms. The minimum absolute atomic E-state index is 0.313. The molecule has 0 aromatic carbocycles. The van der Waals surface area contributed by atoms with Crippen LogP contribution in [-0.4, -0.2) is 63.9 Å². The summed E-state index contributed by atoms with van der Waals surface area (Å²) in [7, 11) is 3.16. The molecule has 2 aromatic rings. The van der Waals surface area contributed by atoms with Crippen LogP contribution in [0.4, 0.5) is 5.95 Å². The van der Waals surface area contributed by atoms with Gasteiger partial charge >= 0.3 is 5.69 Å². The van der Waals surface area contributed by atoms with E-state index in [0.717, 1.165) is 35.7 Å². The first-order valence-corrected chi connectivity index (χ1v) is 9.40. The van der Waals surface area contributed by atoms with Crippen molar-refractivity contribution < 1.29 is 9.73 Å². The molecule has 1 fully saturated rings. The number of anilines is 1. The quantitative estimate of drug-likeness (QED) is 0.595. The summed E-state index contributed by atoms with van der Waals surface area (Å²) >= 11 is 0. The standard InChI is InChI=1S/C17H25N7O3/c1-21-14-13(15(25)22(2)17(21)26)24(7-6-19-12-4-3-5-18-12)16(20-14)23-8-10-27-11-9-23/h3-11H2,1-2H3,(H,18,19)/p+1. The fraction of sp³-hybridized carbons (Fsp3) is 0.647. The van der Waals surface area contributed by atoms with Gasteiger partial charge in [-0.2, -0.15) is 4.98 Å². The van der Waals surface area contributed by atoms with E-state index in [4.69, 9.17) is 4.74 Å². The molecule has 0 aliphatic carbocycles. The minimum Gasteiger partial charge on any atom is -0.378 e. The van der Waals surface area contributed by atoms with Gasteiger partial charge in [0.1, 0.15) is 6.54 Å². The highest BCUT2D eigenvalue weighted by molar-refractivity contribution is 5.77. The Labute approximate surface area is 156 Å². The van der Waals surface area contributed by atoms with Gasteiger partial charge in [-0.3, -0.25) is 24.2 Å². The van der Waals surface area contributed by atoms with Crippen molar-refractivity contribution in [3.8, 4) is 0 Å². The predicted octanol–water partition coefficient (Wildman–Crippen LogP) is -2.87. The van der Waals surface area contributed by atoms with Crippen molar-refractivity contribution in [1.29, 1.82) is 0 Å². The summed E-state index contributed by atoms with van der Waals surface area (Å²) in [5.74, 6) is 1.87. The molecule has 0 atom stereocenters. The summed E-state index contributed by atoms with van der Waals surface area (Å²) in [4.78, 5) is 35.3. The van der Waals surface area contributed by atoms with E-state index < -0.39 is 0 Å². The van der Waals surface area contributed by atoms with Crippen LogP contribution >= 0.6 is 0 Å². The lowest BCUT2D eigenvalue weighted by molar-refractivity contribution is -0.449. The van der Waals surface area contributed by atoms with Gasteiger partial charge in [-0.05, 0) is 6.42 Å². The topological polar surface area (TPSA) is 100 Å². The lowest BCUT2D eigenvalue weighted by Gasteiger charge is -2.28. The van der Waals surface area contributed by atoms with Gasteiger partial charge in [0, 0.05) is 27.2 Å². The van der Waals surface area contributed by atoms with Crippen molar-refractivity contribution in [3.05, 3.63) is 20.8 Å². The number of amidine groups is 1. The van der Waals surface area contributed by atoms with Crippen LogP contribution in [-0.2, 0) is 25.4 Å². The average Bonchev–Trinajstić information content (AvgIpc) is 3.33. The van der Waals surface area contributed by atoms with Crippen LogP contribution in [0.1, 0.15) is 12.8 Å². The first kappa shape index (κ1) is 17.8. The van der Waals surface area contributed by atoms with Crippen LogP contribution in [0.2, 0.25) is 0 Å². The van der Waals surface area contributed by atoms with Crippen LogP contribution in [0.3, 0.4) is 0 Å². The van der Waals surface area contributed by atoms with E-state index in [2.05, 4.69) is 20.2 Å². The highest BCUT2D eigenvalue weighted by Gasteiger charge is 2.24. The summed E-state index contributed by atoms with van der Waals surface area (Å²) in [6.45, 7) is 4.94. The monoisotopic (exact) mass is 376 g/mol. The molecule has 27 heavy (non-hydrogen) atoms. The maximum atomic E-state index is 12.8. The Balaban J connectivity index is 1.76. The highest BCUT2D eigenvalue weighted by Crippen LogP contribution is 2.20. The van der Waals surface area contributed by atoms with Gasteiger partial charge in [0.2, 0.25) is 11.8 Å². The first-order chi connectivity index (χ1) is 13.1. The number of fused-ring (bicyclic) bond motifs is 1. The highest BCUT2D eigenvalue weighted by atomic mass is 16.5. The third kappa shape index (κ3) is 3.14. The third-order valence-electron chi connectivity index (χ3n) is 5.24. The molecule has 146 valence electrons. The van der Waals surface area contributed by atoms with Crippen LogP contribution < -0.4 is 26.5 Å². The van der Waals surface area contributed by atoms with Crippen LogP contribution in [0, 0.1) is 0 Å². The first-order valence-electron chi connectivity index (χ1n) is 9.40. The Morgan fingerprint density at radius 3 is 2.67 bits per heavy atom. The zero-order valence-corrected chi connectivity index (χ0v) is 15.8. The Morgan fingerprint density at radius 1 is 1.19 bits per heavy atom. The minimum atomic E-state index is -0.366. The lowest BCUT2D eigenvalue weighted by Crippen LogP contribution is -2.72. The van der Waals surface area contributed by atoms with Crippen molar-refractivity contribution in [2.45, 2.75) is 19.4 Å². The van der Waals surface area contributed by atoms with Crippen LogP contribution in [0.15, 0.2) is 9.59 Å². The lowest BCUT2D eigenvalue weighted by atomic mass is 10.3. The van der Waals surface area contributed by atoms with Crippen molar-refractivity contribution in [2.24, 2.45) is 14.1 Å². The molecule has 4 heterocycles. The molecule has 0 unspecified atom stereocenters.